The zero-order chi connectivity index (χ0) is 24.8. The lowest BCUT2D eigenvalue weighted by Gasteiger charge is -2.32. The molecule has 0 aliphatic carbocycles. The van der Waals surface area contributed by atoms with Crippen LogP contribution in [0.2, 0.25) is 5.02 Å². The Labute approximate surface area is 212 Å². The Morgan fingerprint density at radius 3 is 2.40 bits per heavy atom. The Balaban J connectivity index is 1.45. The van der Waals surface area contributed by atoms with Gasteiger partial charge in [-0.15, -0.1) is 0 Å². The average Bonchev–Trinajstić information content (AvgIpc) is 2.87. The zero-order valence-electron chi connectivity index (χ0n) is 19.7. The van der Waals surface area contributed by atoms with Gasteiger partial charge in [-0.3, -0.25) is 9.10 Å². The molecule has 1 heterocycles. The minimum atomic E-state index is -3.99. The first-order valence-electron chi connectivity index (χ1n) is 11.8. The summed E-state index contributed by atoms with van der Waals surface area (Å²) in [7, 11) is -3.99. The number of carbonyl (C=O) groups is 1. The van der Waals surface area contributed by atoms with Crippen LogP contribution in [0.25, 0.3) is 0 Å². The summed E-state index contributed by atoms with van der Waals surface area (Å²) in [5.41, 5.74) is 2.39. The molecule has 1 N–H and O–H groups in total. The van der Waals surface area contributed by atoms with Gasteiger partial charge < -0.3 is 10.2 Å². The highest BCUT2D eigenvalue weighted by molar-refractivity contribution is 7.92. The van der Waals surface area contributed by atoms with Gasteiger partial charge in [0, 0.05) is 25.3 Å². The van der Waals surface area contributed by atoms with E-state index < -0.39 is 15.9 Å². The van der Waals surface area contributed by atoms with E-state index in [1.54, 1.807) is 42.5 Å². The summed E-state index contributed by atoms with van der Waals surface area (Å²) >= 11 is 6.31. The summed E-state index contributed by atoms with van der Waals surface area (Å²) in [6.45, 7) is 4.32. The number of carbonyl (C=O) groups excluding carboxylic acids is 1. The first kappa shape index (κ1) is 25.1. The number of hydrogen-bond acceptors (Lipinski definition) is 4. The Hall–Kier alpha value is -3.03. The lowest BCUT2D eigenvalue weighted by Crippen LogP contribution is -2.40. The molecule has 0 saturated carbocycles. The van der Waals surface area contributed by atoms with Crippen LogP contribution in [0, 0.1) is 5.92 Å². The number of anilines is 2. The molecule has 1 aliphatic rings. The van der Waals surface area contributed by atoms with Gasteiger partial charge >= 0.3 is 0 Å². The number of rotatable bonds is 8. The van der Waals surface area contributed by atoms with E-state index in [0.29, 0.717) is 12.5 Å². The average molecular weight is 512 g/mol. The molecule has 1 saturated heterocycles. The summed E-state index contributed by atoms with van der Waals surface area (Å²) in [5, 5.41) is 3.10. The van der Waals surface area contributed by atoms with Crippen LogP contribution in [0.5, 0.6) is 0 Å². The molecule has 0 bridgehead atoms. The third-order valence-corrected chi connectivity index (χ3v) is 8.28. The van der Waals surface area contributed by atoms with Crippen LogP contribution >= 0.6 is 11.6 Å². The maximum absolute atomic E-state index is 13.4. The highest BCUT2D eigenvalue weighted by atomic mass is 35.5. The third-order valence-electron chi connectivity index (χ3n) is 6.19. The molecule has 3 aromatic carbocycles. The second-order valence-electron chi connectivity index (χ2n) is 8.91. The fourth-order valence-corrected chi connectivity index (χ4v) is 6.06. The maximum atomic E-state index is 13.4. The van der Waals surface area contributed by atoms with Gasteiger partial charge in [-0.2, -0.15) is 0 Å². The molecular weight excluding hydrogens is 482 g/mol. The zero-order valence-corrected chi connectivity index (χ0v) is 21.3. The molecule has 184 valence electrons. The van der Waals surface area contributed by atoms with Crippen LogP contribution in [0.4, 0.5) is 11.4 Å². The van der Waals surface area contributed by atoms with Gasteiger partial charge in [0.2, 0.25) is 5.91 Å². The normalized spacial score (nSPS) is 16.1. The van der Waals surface area contributed by atoms with Crippen LogP contribution in [0.15, 0.2) is 83.8 Å². The van der Waals surface area contributed by atoms with Gasteiger partial charge in [0.15, 0.2) is 0 Å². The van der Waals surface area contributed by atoms with E-state index in [2.05, 4.69) is 29.3 Å². The van der Waals surface area contributed by atoms with Crippen molar-refractivity contribution in [3.63, 3.8) is 0 Å². The van der Waals surface area contributed by atoms with Gasteiger partial charge in [-0.25, -0.2) is 8.42 Å². The summed E-state index contributed by atoms with van der Waals surface area (Å²) in [6.07, 6.45) is 2.47. The molecule has 0 spiro atoms. The second kappa shape index (κ2) is 11.1. The SMILES string of the molecule is CC1CCCN(c2ccc(CNC(=O)CN(c3ccccc3Cl)S(=O)(=O)c3ccccc3)cc2)C1. The minimum absolute atomic E-state index is 0.0929. The number of benzene rings is 3. The lowest BCUT2D eigenvalue weighted by molar-refractivity contribution is -0.119. The van der Waals surface area contributed by atoms with Gasteiger partial charge in [-0.05, 0) is 60.7 Å². The van der Waals surface area contributed by atoms with Gasteiger partial charge in [0.05, 0.1) is 15.6 Å². The second-order valence-corrected chi connectivity index (χ2v) is 11.2. The number of nitrogens with one attached hydrogen (secondary N) is 1. The Kier molecular flexibility index (Phi) is 7.98. The van der Waals surface area contributed by atoms with Crippen molar-refractivity contribution in [1.82, 2.24) is 5.32 Å². The van der Waals surface area contributed by atoms with E-state index in [1.807, 2.05) is 12.1 Å². The molecule has 1 fully saturated rings. The fourth-order valence-electron chi connectivity index (χ4n) is 4.31. The first-order valence-corrected chi connectivity index (χ1v) is 13.6. The predicted octanol–water partition coefficient (Wildman–Crippen LogP) is 5.09. The number of sulfonamides is 1. The van der Waals surface area contributed by atoms with Crippen molar-refractivity contribution in [2.45, 2.75) is 31.2 Å². The van der Waals surface area contributed by atoms with Crippen LogP contribution < -0.4 is 14.5 Å². The number of halogens is 1. The minimum Gasteiger partial charge on any atom is -0.371 e. The molecule has 0 aromatic heterocycles. The number of para-hydroxylation sites is 1. The van der Waals surface area contributed by atoms with Crippen LogP contribution in [-0.2, 0) is 21.4 Å². The van der Waals surface area contributed by atoms with Crippen molar-refractivity contribution in [2.24, 2.45) is 5.92 Å². The van der Waals surface area contributed by atoms with Crippen molar-refractivity contribution >= 4 is 38.9 Å². The molecular formula is C27H30ClN3O3S. The largest absolute Gasteiger partial charge is 0.371 e. The molecule has 1 unspecified atom stereocenters. The van der Waals surface area contributed by atoms with E-state index in [4.69, 9.17) is 11.6 Å². The Bertz CT molecular complexity index is 1250. The van der Waals surface area contributed by atoms with Crippen molar-refractivity contribution in [1.29, 1.82) is 0 Å². The molecule has 1 atom stereocenters. The summed E-state index contributed by atoms with van der Waals surface area (Å²) in [4.78, 5) is 15.4. The van der Waals surface area contributed by atoms with E-state index in [-0.39, 0.29) is 22.2 Å². The topological polar surface area (TPSA) is 69.7 Å². The number of piperidine rings is 1. The van der Waals surface area contributed by atoms with E-state index >= 15 is 0 Å². The first-order chi connectivity index (χ1) is 16.8. The number of nitrogens with zero attached hydrogens (tertiary/aromatic N) is 2. The highest BCUT2D eigenvalue weighted by Crippen LogP contribution is 2.30. The molecule has 1 aliphatic heterocycles. The van der Waals surface area contributed by atoms with E-state index in [0.717, 1.165) is 23.0 Å². The Morgan fingerprint density at radius 1 is 1.03 bits per heavy atom. The quantitative estimate of drug-likeness (QED) is 0.457. The third kappa shape index (κ3) is 6.16. The van der Waals surface area contributed by atoms with Crippen LogP contribution in [0.1, 0.15) is 25.3 Å². The standard InChI is InChI=1S/C27H30ClN3O3S/c1-21-8-7-17-30(19-21)23-15-13-22(14-16-23)18-29-27(32)20-31(26-12-6-5-11-25(26)28)35(33,34)24-9-3-2-4-10-24/h2-6,9-16,21H,7-8,17-20H2,1H3,(H,29,32). The highest BCUT2D eigenvalue weighted by Gasteiger charge is 2.28. The van der Waals surface area contributed by atoms with Gasteiger partial charge in [0.25, 0.3) is 10.0 Å². The number of amides is 1. The molecule has 0 radical (unpaired) electrons. The predicted molar refractivity (Wildman–Crippen MR) is 141 cm³/mol. The molecule has 8 heteroatoms. The summed E-state index contributed by atoms with van der Waals surface area (Å²) in [6, 6.07) is 22.8. The van der Waals surface area contributed by atoms with Crippen molar-refractivity contribution in [3.05, 3.63) is 89.4 Å². The van der Waals surface area contributed by atoms with Crippen molar-refractivity contribution in [3.8, 4) is 0 Å². The maximum Gasteiger partial charge on any atom is 0.264 e. The molecule has 4 rings (SSSR count). The van der Waals surface area contributed by atoms with Gasteiger partial charge in [0.1, 0.15) is 6.54 Å². The van der Waals surface area contributed by atoms with Crippen LogP contribution in [0.3, 0.4) is 0 Å². The Morgan fingerprint density at radius 2 is 1.71 bits per heavy atom. The monoisotopic (exact) mass is 511 g/mol. The smallest absolute Gasteiger partial charge is 0.264 e. The van der Waals surface area contributed by atoms with E-state index in [9.17, 15) is 13.2 Å². The van der Waals surface area contributed by atoms with Gasteiger partial charge in [-0.1, -0.05) is 61.0 Å². The van der Waals surface area contributed by atoms with Crippen molar-refractivity contribution < 1.29 is 13.2 Å². The van der Waals surface area contributed by atoms with Crippen LogP contribution in [-0.4, -0.2) is 34.0 Å². The summed E-state index contributed by atoms with van der Waals surface area (Å²) < 4.78 is 27.8. The molecule has 35 heavy (non-hydrogen) atoms. The van der Waals surface area contributed by atoms with Crippen molar-refractivity contribution in [2.75, 3.05) is 28.8 Å². The summed E-state index contributed by atoms with van der Waals surface area (Å²) in [5.74, 6) is 0.273. The fraction of sp³-hybridized carbons (Fsp3) is 0.296. The molecule has 3 aromatic rings. The molecule has 6 nitrogen and oxygen atoms in total. The molecule has 1 amide bonds. The number of hydrogen-bond donors (Lipinski definition) is 1. The lowest BCUT2D eigenvalue weighted by atomic mass is 9.99. The van der Waals surface area contributed by atoms with E-state index in [1.165, 1.54) is 30.7 Å².